The summed E-state index contributed by atoms with van der Waals surface area (Å²) in [4.78, 5) is 9.36. The number of nitrogens with one attached hydrogen (secondary N) is 1. The van der Waals surface area contributed by atoms with Crippen LogP contribution in [0.3, 0.4) is 0 Å². The van der Waals surface area contributed by atoms with Crippen LogP contribution < -0.4 is 5.32 Å². The first-order valence-electron chi connectivity index (χ1n) is 9.68. The highest BCUT2D eigenvalue weighted by molar-refractivity contribution is 14.0. The second-order valence-electron chi connectivity index (χ2n) is 6.98. The normalized spacial score (nSPS) is 16.5. The number of guanidine groups is 1. The highest BCUT2D eigenvalue weighted by atomic mass is 127. The number of aliphatic imine (C=N–C) groups is 1. The Morgan fingerprint density at radius 3 is 2.64 bits per heavy atom. The fourth-order valence-corrected chi connectivity index (χ4v) is 3.36. The number of furan rings is 1. The van der Waals surface area contributed by atoms with Gasteiger partial charge in [-0.1, -0.05) is 29.8 Å². The second kappa shape index (κ2) is 11.4. The summed E-state index contributed by atoms with van der Waals surface area (Å²) >= 11 is 0. The van der Waals surface area contributed by atoms with E-state index in [1.165, 1.54) is 11.1 Å². The molecule has 1 atom stereocenters. The Labute approximate surface area is 184 Å². The predicted octanol–water partition coefficient (Wildman–Crippen LogP) is 3.02. The largest absolute Gasteiger partial charge is 0.467 e. The maximum Gasteiger partial charge on any atom is 0.194 e. The van der Waals surface area contributed by atoms with Gasteiger partial charge in [0.15, 0.2) is 5.96 Å². The number of rotatable bonds is 6. The van der Waals surface area contributed by atoms with Crippen molar-refractivity contribution in [2.75, 3.05) is 39.3 Å². The quantitative estimate of drug-likeness (QED) is 0.364. The molecule has 6 nitrogen and oxygen atoms in total. The summed E-state index contributed by atoms with van der Waals surface area (Å²) in [7, 11) is 0. The molecular formula is C21H31IN4O2. The molecule has 1 unspecified atom stereocenters. The maximum atomic E-state index is 10.2. The number of piperazine rings is 1. The smallest absolute Gasteiger partial charge is 0.194 e. The zero-order chi connectivity index (χ0) is 19.1. The zero-order valence-electron chi connectivity index (χ0n) is 16.7. The van der Waals surface area contributed by atoms with E-state index in [-0.39, 0.29) is 24.0 Å². The first kappa shape index (κ1) is 22.7. The lowest BCUT2D eigenvalue weighted by atomic mass is 10.1. The third kappa shape index (κ3) is 6.49. The Bertz CT molecular complexity index is 728. The summed E-state index contributed by atoms with van der Waals surface area (Å²) in [5, 5.41) is 13.5. The van der Waals surface area contributed by atoms with Crippen LogP contribution in [0.15, 0.2) is 52.1 Å². The molecule has 0 amide bonds. The Hall–Kier alpha value is -1.58. The highest BCUT2D eigenvalue weighted by Gasteiger charge is 2.20. The van der Waals surface area contributed by atoms with Crippen molar-refractivity contribution >= 4 is 29.9 Å². The molecule has 0 radical (unpaired) electrons. The van der Waals surface area contributed by atoms with Crippen LogP contribution >= 0.6 is 24.0 Å². The molecular weight excluding hydrogens is 467 g/mol. The van der Waals surface area contributed by atoms with Crippen molar-refractivity contribution in [1.82, 2.24) is 15.1 Å². The SMILES string of the molecule is CCNC(=NCC(O)c1ccco1)N1CCN(Cc2cccc(C)c2)CC1.I. The van der Waals surface area contributed by atoms with Crippen LogP contribution in [0.2, 0.25) is 0 Å². The first-order chi connectivity index (χ1) is 13.2. The molecule has 7 heteroatoms. The molecule has 1 aromatic heterocycles. The van der Waals surface area contributed by atoms with Crippen molar-refractivity contribution in [2.45, 2.75) is 26.5 Å². The van der Waals surface area contributed by atoms with Crippen molar-refractivity contribution in [3.05, 3.63) is 59.5 Å². The summed E-state index contributed by atoms with van der Waals surface area (Å²) in [5.41, 5.74) is 2.67. The Balaban J connectivity index is 0.00000280. The van der Waals surface area contributed by atoms with E-state index in [0.29, 0.717) is 12.3 Å². The number of hydrogen-bond donors (Lipinski definition) is 2. The lowest BCUT2D eigenvalue weighted by Crippen LogP contribution is -2.52. The van der Waals surface area contributed by atoms with Crippen LogP contribution in [0.1, 0.15) is 29.9 Å². The first-order valence-corrected chi connectivity index (χ1v) is 9.68. The molecule has 28 heavy (non-hydrogen) atoms. The van der Waals surface area contributed by atoms with Gasteiger partial charge in [0.1, 0.15) is 11.9 Å². The van der Waals surface area contributed by atoms with Gasteiger partial charge in [-0.15, -0.1) is 24.0 Å². The minimum atomic E-state index is -0.712. The van der Waals surface area contributed by atoms with E-state index in [4.69, 9.17) is 4.42 Å². The average molecular weight is 498 g/mol. The van der Waals surface area contributed by atoms with Gasteiger partial charge in [0.2, 0.25) is 0 Å². The third-order valence-electron chi connectivity index (χ3n) is 4.78. The number of halogens is 1. The molecule has 2 aromatic rings. The molecule has 1 aliphatic heterocycles. The monoisotopic (exact) mass is 498 g/mol. The zero-order valence-corrected chi connectivity index (χ0v) is 19.0. The van der Waals surface area contributed by atoms with Crippen LogP contribution in [-0.2, 0) is 6.54 Å². The molecule has 2 heterocycles. The maximum absolute atomic E-state index is 10.2. The Morgan fingerprint density at radius 2 is 2.00 bits per heavy atom. The topological polar surface area (TPSA) is 64.2 Å². The number of aliphatic hydroxyl groups is 1. The molecule has 0 bridgehead atoms. The van der Waals surface area contributed by atoms with E-state index in [2.05, 4.69) is 58.2 Å². The van der Waals surface area contributed by atoms with Gasteiger partial charge in [0.25, 0.3) is 0 Å². The van der Waals surface area contributed by atoms with Gasteiger partial charge in [-0.3, -0.25) is 4.90 Å². The number of nitrogens with zero attached hydrogens (tertiary/aromatic N) is 3. The van der Waals surface area contributed by atoms with Crippen molar-refractivity contribution in [3.8, 4) is 0 Å². The second-order valence-corrected chi connectivity index (χ2v) is 6.98. The van der Waals surface area contributed by atoms with Crippen LogP contribution in [0, 0.1) is 6.92 Å². The summed E-state index contributed by atoms with van der Waals surface area (Å²) < 4.78 is 5.25. The fourth-order valence-electron chi connectivity index (χ4n) is 3.36. The van der Waals surface area contributed by atoms with Gasteiger partial charge in [0, 0.05) is 39.3 Å². The molecule has 1 saturated heterocycles. The van der Waals surface area contributed by atoms with Crippen molar-refractivity contribution < 1.29 is 9.52 Å². The molecule has 154 valence electrons. The summed E-state index contributed by atoms with van der Waals surface area (Å²) in [6.07, 6.45) is 0.859. The average Bonchev–Trinajstić information content (AvgIpc) is 3.21. The Kier molecular flexibility index (Phi) is 9.27. The molecule has 1 aliphatic rings. The lowest BCUT2D eigenvalue weighted by Gasteiger charge is -2.36. The highest BCUT2D eigenvalue weighted by Crippen LogP contribution is 2.14. The molecule has 1 aromatic carbocycles. The van der Waals surface area contributed by atoms with Crippen LogP contribution in [-0.4, -0.2) is 60.1 Å². The minimum Gasteiger partial charge on any atom is -0.467 e. The van der Waals surface area contributed by atoms with Crippen LogP contribution in [0.4, 0.5) is 0 Å². The van der Waals surface area contributed by atoms with Crippen LogP contribution in [0.5, 0.6) is 0 Å². The standard InChI is InChI=1S/C21H30N4O2.HI/c1-3-22-21(23-15-19(26)20-8-5-13-27-20)25-11-9-24(10-12-25)16-18-7-4-6-17(2)14-18;/h4-8,13-14,19,26H,3,9-12,15-16H2,1-2H3,(H,22,23);1H. The van der Waals surface area contributed by atoms with E-state index in [1.807, 2.05) is 0 Å². The predicted molar refractivity (Wildman–Crippen MR) is 123 cm³/mol. The lowest BCUT2D eigenvalue weighted by molar-refractivity contribution is 0.155. The molecule has 0 aliphatic carbocycles. The summed E-state index contributed by atoms with van der Waals surface area (Å²) in [6.45, 7) is 10.1. The van der Waals surface area contributed by atoms with Crippen LogP contribution in [0.25, 0.3) is 0 Å². The van der Waals surface area contributed by atoms with Crippen molar-refractivity contribution in [3.63, 3.8) is 0 Å². The third-order valence-corrected chi connectivity index (χ3v) is 4.78. The number of aliphatic hydroxyl groups excluding tert-OH is 1. The van der Waals surface area contributed by atoms with Gasteiger partial charge in [0.05, 0.1) is 12.8 Å². The van der Waals surface area contributed by atoms with Crippen molar-refractivity contribution in [1.29, 1.82) is 0 Å². The molecule has 0 saturated carbocycles. The van der Waals surface area contributed by atoms with E-state index in [0.717, 1.165) is 45.2 Å². The van der Waals surface area contributed by atoms with E-state index in [1.54, 1.807) is 18.4 Å². The minimum absolute atomic E-state index is 0. The van der Waals surface area contributed by atoms with Crippen molar-refractivity contribution in [2.24, 2.45) is 4.99 Å². The van der Waals surface area contributed by atoms with Gasteiger partial charge >= 0.3 is 0 Å². The summed E-state index contributed by atoms with van der Waals surface area (Å²) in [5.74, 6) is 1.41. The van der Waals surface area contributed by atoms with E-state index >= 15 is 0 Å². The van der Waals surface area contributed by atoms with E-state index < -0.39 is 6.10 Å². The molecule has 3 rings (SSSR count). The molecule has 0 spiro atoms. The number of hydrogen-bond acceptors (Lipinski definition) is 4. The Morgan fingerprint density at radius 1 is 1.21 bits per heavy atom. The van der Waals surface area contributed by atoms with Gasteiger partial charge < -0.3 is 19.7 Å². The molecule has 2 N–H and O–H groups in total. The fraction of sp³-hybridized carbons (Fsp3) is 0.476. The number of benzene rings is 1. The number of aryl methyl sites for hydroxylation is 1. The van der Waals surface area contributed by atoms with Gasteiger partial charge in [-0.25, -0.2) is 4.99 Å². The van der Waals surface area contributed by atoms with E-state index in [9.17, 15) is 5.11 Å². The van der Waals surface area contributed by atoms with Gasteiger partial charge in [-0.05, 0) is 31.5 Å². The summed E-state index contributed by atoms with van der Waals surface area (Å²) in [6, 6.07) is 12.3. The molecule has 1 fully saturated rings. The van der Waals surface area contributed by atoms with Gasteiger partial charge in [-0.2, -0.15) is 0 Å².